The minimum Gasteiger partial charge on any atom is -0.469 e. The van der Waals surface area contributed by atoms with Gasteiger partial charge >= 0.3 is 5.97 Å². The number of hydrogen-bond donors (Lipinski definition) is 1. The van der Waals surface area contributed by atoms with Crippen molar-refractivity contribution < 1.29 is 9.53 Å². The smallest absolute Gasteiger partial charge is 0.308 e. The lowest BCUT2D eigenvalue weighted by Gasteiger charge is -2.14. The standard InChI is InChI=1S/C15H29NO2/c1-18-15(17)13-9-5-2-3-7-11-14(16)12-8-4-6-10-13/h13-14H,2-12,16H2,1H3/t13-,14+/m0/s1. The molecule has 0 spiro atoms. The van der Waals surface area contributed by atoms with Crippen molar-refractivity contribution in [2.75, 3.05) is 7.11 Å². The van der Waals surface area contributed by atoms with Crippen molar-refractivity contribution in [3.05, 3.63) is 0 Å². The van der Waals surface area contributed by atoms with Gasteiger partial charge in [0.05, 0.1) is 13.0 Å². The van der Waals surface area contributed by atoms with E-state index < -0.39 is 0 Å². The summed E-state index contributed by atoms with van der Waals surface area (Å²) in [6, 6.07) is 0.391. The summed E-state index contributed by atoms with van der Waals surface area (Å²) >= 11 is 0. The van der Waals surface area contributed by atoms with Crippen LogP contribution in [0.2, 0.25) is 0 Å². The topological polar surface area (TPSA) is 52.3 Å². The summed E-state index contributed by atoms with van der Waals surface area (Å²) < 4.78 is 4.90. The summed E-state index contributed by atoms with van der Waals surface area (Å²) in [5.74, 6) is 0.117. The monoisotopic (exact) mass is 255 g/mol. The molecule has 0 amide bonds. The number of methoxy groups -OCH3 is 1. The molecule has 1 fully saturated rings. The van der Waals surface area contributed by atoms with Crippen LogP contribution in [0, 0.1) is 5.92 Å². The zero-order valence-corrected chi connectivity index (χ0v) is 11.8. The number of hydrogen-bond acceptors (Lipinski definition) is 3. The summed E-state index contributed by atoms with van der Waals surface area (Å²) in [5.41, 5.74) is 6.08. The van der Waals surface area contributed by atoms with Crippen LogP contribution >= 0.6 is 0 Å². The molecule has 2 N–H and O–H groups in total. The van der Waals surface area contributed by atoms with E-state index in [1.165, 1.54) is 45.6 Å². The van der Waals surface area contributed by atoms with Crippen LogP contribution in [-0.2, 0) is 9.53 Å². The second-order valence-corrected chi connectivity index (χ2v) is 5.61. The Bertz CT molecular complexity index is 231. The number of nitrogens with two attached hydrogens (primary N) is 1. The molecular weight excluding hydrogens is 226 g/mol. The van der Waals surface area contributed by atoms with E-state index in [1.54, 1.807) is 0 Å². The van der Waals surface area contributed by atoms with Gasteiger partial charge in [0.25, 0.3) is 0 Å². The van der Waals surface area contributed by atoms with Gasteiger partial charge in [0, 0.05) is 6.04 Å². The molecule has 0 saturated heterocycles. The van der Waals surface area contributed by atoms with Crippen LogP contribution in [-0.4, -0.2) is 19.1 Å². The fourth-order valence-corrected chi connectivity index (χ4v) is 2.82. The van der Waals surface area contributed by atoms with Gasteiger partial charge in [-0.3, -0.25) is 4.79 Å². The largest absolute Gasteiger partial charge is 0.469 e. The van der Waals surface area contributed by atoms with Crippen molar-refractivity contribution in [3.8, 4) is 0 Å². The first-order valence-corrected chi connectivity index (χ1v) is 7.57. The highest BCUT2D eigenvalue weighted by Crippen LogP contribution is 2.21. The Balaban J connectivity index is 2.38. The Kier molecular flexibility index (Phi) is 8.06. The number of rotatable bonds is 1. The fourth-order valence-electron chi connectivity index (χ4n) is 2.82. The van der Waals surface area contributed by atoms with Gasteiger partial charge in [0.2, 0.25) is 0 Å². The zero-order valence-electron chi connectivity index (χ0n) is 11.8. The number of carbonyl (C=O) groups is 1. The van der Waals surface area contributed by atoms with Gasteiger partial charge in [-0.15, -0.1) is 0 Å². The molecule has 1 aliphatic carbocycles. The first-order chi connectivity index (χ1) is 8.74. The van der Waals surface area contributed by atoms with Crippen molar-refractivity contribution in [2.24, 2.45) is 11.7 Å². The van der Waals surface area contributed by atoms with Crippen LogP contribution in [0.3, 0.4) is 0 Å². The van der Waals surface area contributed by atoms with Gasteiger partial charge in [0.1, 0.15) is 0 Å². The molecule has 0 bridgehead atoms. The van der Waals surface area contributed by atoms with Gasteiger partial charge in [-0.2, -0.15) is 0 Å². The summed E-state index contributed by atoms with van der Waals surface area (Å²) in [5, 5.41) is 0. The molecule has 0 aromatic rings. The number of carbonyl (C=O) groups excluding carboxylic acids is 1. The maximum Gasteiger partial charge on any atom is 0.308 e. The maximum atomic E-state index is 11.7. The highest BCUT2D eigenvalue weighted by Gasteiger charge is 2.18. The van der Waals surface area contributed by atoms with Gasteiger partial charge < -0.3 is 10.5 Å². The van der Waals surface area contributed by atoms with Gasteiger partial charge in [-0.05, 0) is 25.7 Å². The van der Waals surface area contributed by atoms with Crippen molar-refractivity contribution in [2.45, 2.75) is 76.7 Å². The average Bonchev–Trinajstić information content (AvgIpc) is 2.40. The normalized spacial score (nSPS) is 28.6. The maximum absolute atomic E-state index is 11.7. The van der Waals surface area contributed by atoms with Crippen LogP contribution < -0.4 is 5.73 Å². The van der Waals surface area contributed by atoms with E-state index in [0.29, 0.717) is 6.04 Å². The summed E-state index contributed by atoms with van der Waals surface area (Å²) in [6.45, 7) is 0. The van der Waals surface area contributed by atoms with Gasteiger partial charge in [-0.1, -0.05) is 44.9 Å². The molecule has 0 aromatic carbocycles. The molecule has 0 heterocycles. The van der Waals surface area contributed by atoms with Crippen molar-refractivity contribution in [1.29, 1.82) is 0 Å². The first-order valence-electron chi connectivity index (χ1n) is 7.57. The molecule has 3 nitrogen and oxygen atoms in total. The summed E-state index contributed by atoms with van der Waals surface area (Å²) in [6.07, 6.45) is 12.7. The van der Waals surface area contributed by atoms with Crippen LogP contribution in [0.5, 0.6) is 0 Å². The minimum absolute atomic E-state index is 0.0124. The Morgan fingerprint density at radius 2 is 1.33 bits per heavy atom. The van der Waals surface area contributed by atoms with E-state index in [2.05, 4.69) is 0 Å². The quantitative estimate of drug-likeness (QED) is 0.731. The molecular formula is C15H29NO2. The third-order valence-corrected chi connectivity index (χ3v) is 4.04. The Labute approximate surface area is 111 Å². The summed E-state index contributed by atoms with van der Waals surface area (Å²) in [7, 11) is 1.50. The lowest BCUT2D eigenvalue weighted by molar-refractivity contribution is -0.146. The molecule has 0 aromatic heterocycles. The van der Waals surface area contributed by atoms with E-state index in [0.717, 1.165) is 32.1 Å². The SMILES string of the molecule is COC(=O)[C@H]1CCCCCC[C@@H](N)CCCCC1. The van der Waals surface area contributed by atoms with Crippen molar-refractivity contribution in [3.63, 3.8) is 0 Å². The summed E-state index contributed by atoms with van der Waals surface area (Å²) in [4.78, 5) is 11.7. The van der Waals surface area contributed by atoms with Gasteiger partial charge in [0.15, 0.2) is 0 Å². The van der Waals surface area contributed by atoms with E-state index in [-0.39, 0.29) is 11.9 Å². The Morgan fingerprint density at radius 3 is 1.83 bits per heavy atom. The molecule has 0 unspecified atom stereocenters. The van der Waals surface area contributed by atoms with Crippen LogP contribution in [0.4, 0.5) is 0 Å². The molecule has 1 saturated carbocycles. The van der Waals surface area contributed by atoms with Crippen LogP contribution in [0.1, 0.15) is 70.6 Å². The van der Waals surface area contributed by atoms with E-state index in [1.807, 2.05) is 0 Å². The Morgan fingerprint density at radius 1 is 0.889 bits per heavy atom. The highest BCUT2D eigenvalue weighted by molar-refractivity contribution is 5.72. The van der Waals surface area contributed by atoms with E-state index in [9.17, 15) is 4.79 Å². The predicted molar refractivity (Wildman–Crippen MR) is 74.3 cm³/mol. The lowest BCUT2D eigenvalue weighted by atomic mass is 9.95. The third kappa shape index (κ3) is 6.39. The van der Waals surface area contributed by atoms with Crippen molar-refractivity contribution >= 4 is 5.97 Å². The lowest BCUT2D eigenvalue weighted by Crippen LogP contribution is -2.19. The third-order valence-electron chi connectivity index (χ3n) is 4.04. The zero-order chi connectivity index (χ0) is 13.2. The number of ether oxygens (including phenoxy) is 1. The molecule has 0 radical (unpaired) electrons. The second kappa shape index (κ2) is 9.37. The average molecular weight is 255 g/mol. The van der Waals surface area contributed by atoms with E-state index >= 15 is 0 Å². The van der Waals surface area contributed by atoms with Gasteiger partial charge in [-0.25, -0.2) is 0 Å². The first kappa shape index (κ1) is 15.5. The molecule has 1 aliphatic rings. The van der Waals surface area contributed by atoms with Crippen molar-refractivity contribution in [1.82, 2.24) is 0 Å². The molecule has 2 atom stereocenters. The van der Waals surface area contributed by atoms with Crippen LogP contribution in [0.15, 0.2) is 0 Å². The molecule has 1 rings (SSSR count). The van der Waals surface area contributed by atoms with Crippen LogP contribution in [0.25, 0.3) is 0 Å². The minimum atomic E-state index is -0.0124. The molecule has 18 heavy (non-hydrogen) atoms. The number of esters is 1. The van der Waals surface area contributed by atoms with E-state index in [4.69, 9.17) is 10.5 Å². The molecule has 106 valence electrons. The highest BCUT2D eigenvalue weighted by atomic mass is 16.5. The second-order valence-electron chi connectivity index (χ2n) is 5.61. The Hall–Kier alpha value is -0.570. The predicted octanol–water partition coefficient (Wildman–Crippen LogP) is 3.41. The molecule has 3 heteroatoms. The fraction of sp³-hybridized carbons (Fsp3) is 0.933. The molecule has 0 aliphatic heterocycles.